The Hall–Kier alpha value is -0.760. The average Bonchev–Trinajstić information content (AvgIpc) is 2.82. The predicted octanol–water partition coefficient (Wildman–Crippen LogP) is 1.44. The Labute approximate surface area is 130 Å². The SMILES string of the molecule is Nc1cccc(SCCS(=O)(=O)NCC2CCCC2O)c1. The van der Waals surface area contributed by atoms with Gasteiger partial charge in [0, 0.05) is 22.9 Å². The van der Waals surface area contributed by atoms with Crippen LogP contribution in [0.5, 0.6) is 0 Å². The van der Waals surface area contributed by atoms with Gasteiger partial charge in [-0.2, -0.15) is 0 Å². The van der Waals surface area contributed by atoms with Crippen molar-refractivity contribution in [3.63, 3.8) is 0 Å². The Kier molecular flexibility index (Phi) is 5.92. The number of hydrogen-bond acceptors (Lipinski definition) is 5. The fourth-order valence-corrected chi connectivity index (χ4v) is 4.89. The van der Waals surface area contributed by atoms with E-state index in [0.717, 1.165) is 24.2 Å². The van der Waals surface area contributed by atoms with E-state index in [4.69, 9.17) is 5.73 Å². The standard InChI is InChI=1S/C14H22N2O3S2/c15-12-4-2-5-13(9-12)20-7-8-21(18,19)16-10-11-3-1-6-14(11)17/h2,4-5,9,11,14,16-17H,1,3,6-8,10,15H2. The van der Waals surface area contributed by atoms with E-state index in [1.54, 1.807) is 6.07 Å². The lowest BCUT2D eigenvalue weighted by Crippen LogP contribution is -2.34. The number of nitrogens with one attached hydrogen (secondary N) is 1. The number of hydrogen-bond donors (Lipinski definition) is 3. The molecule has 0 amide bonds. The highest BCUT2D eigenvalue weighted by Gasteiger charge is 2.26. The number of thioether (sulfide) groups is 1. The molecule has 2 rings (SSSR count). The third-order valence-electron chi connectivity index (χ3n) is 3.66. The highest BCUT2D eigenvalue weighted by Crippen LogP contribution is 2.25. The molecule has 0 aliphatic heterocycles. The molecule has 1 aliphatic rings. The quantitative estimate of drug-likeness (QED) is 0.520. The topological polar surface area (TPSA) is 92.4 Å². The molecule has 5 nitrogen and oxygen atoms in total. The van der Waals surface area contributed by atoms with Gasteiger partial charge in [-0.15, -0.1) is 11.8 Å². The molecule has 1 fully saturated rings. The van der Waals surface area contributed by atoms with Gasteiger partial charge in [0.15, 0.2) is 0 Å². The highest BCUT2D eigenvalue weighted by molar-refractivity contribution is 8.00. The zero-order chi connectivity index (χ0) is 15.3. The summed E-state index contributed by atoms with van der Waals surface area (Å²) in [4.78, 5) is 0.969. The molecule has 21 heavy (non-hydrogen) atoms. The molecule has 4 N–H and O–H groups in total. The van der Waals surface area contributed by atoms with Crippen LogP contribution in [0.2, 0.25) is 0 Å². The number of anilines is 1. The smallest absolute Gasteiger partial charge is 0.212 e. The van der Waals surface area contributed by atoms with E-state index in [1.165, 1.54) is 11.8 Å². The zero-order valence-corrected chi connectivity index (χ0v) is 13.5. The molecule has 2 atom stereocenters. The molecule has 1 aromatic rings. The van der Waals surface area contributed by atoms with Crippen molar-refractivity contribution in [3.05, 3.63) is 24.3 Å². The molecule has 118 valence electrons. The van der Waals surface area contributed by atoms with Gasteiger partial charge in [-0.3, -0.25) is 0 Å². The number of sulfonamides is 1. The van der Waals surface area contributed by atoms with Crippen molar-refractivity contribution >= 4 is 27.5 Å². The molecule has 0 spiro atoms. The van der Waals surface area contributed by atoms with E-state index < -0.39 is 10.0 Å². The van der Waals surface area contributed by atoms with Crippen LogP contribution in [-0.4, -0.2) is 37.7 Å². The Balaban J connectivity index is 1.73. The van der Waals surface area contributed by atoms with Gasteiger partial charge in [-0.25, -0.2) is 13.1 Å². The molecule has 0 radical (unpaired) electrons. The van der Waals surface area contributed by atoms with E-state index >= 15 is 0 Å². The Morgan fingerprint density at radius 3 is 2.86 bits per heavy atom. The molecule has 1 aliphatic carbocycles. The first-order valence-corrected chi connectivity index (χ1v) is 9.74. The molecular formula is C14H22N2O3S2. The molecule has 2 unspecified atom stereocenters. The van der Waals surface area contributed by atoms with E-state index in [-0.39, 0.29) is 17.8 Å². The van der Waals surface area contributed by atoms with Crippen LogP contribution in [0.25, 0.3) is 0 Å². The maximum absolute atomic E-state index is 11.9. The number of nitrogen functional groups attached to an aromatic ring is 1. The fraction of sp³-hybridized carbons (Fsp3) is 0.571. The first kappa shape index (κ1) is 16.6. The van der Waals surface area contributed by atoms with Gasteiger partial charge in [-0.1, -0.05) is 12.5 Å². The van der Waals surface area contributed by atoms with Crippen LogP contribution in [0.15, 0.2) is 29.2 Å². The van der Waals surface area contributed by atoms with Crippen molar-refractivity contribution in [1.82, 2.24) is 4.72 Å². The normalized spacial score (nSPS) is 22.5. The monoisotopic (exact) mass is 330 g/mol. The van der Waals surface area contributed by atoms with E-state index in [1.807, 2.05) is 18.2 Å². The van der Waals surface area contributed by atoms with E-state index in [9.17, 15) is 13.5 Å². The summed E-state index contributed by atoms with van der Waals surface area (Å²) in [7, 11) is -3.29. The van der Waals surface area contributed by atoms with Gasteiger partial charge in [0.05, 0.1) is 11.9 Å². The molecule has 1 saturated carbocycles. The van der Waals surface area contributed by atoms with Crippen molar-refractivity contribution in [2.45, 2.75) is 30.3 Å². The molecule has 0 heterocycles. The average molecular weight is 330 g/mol. The van der Waals surface area contributed by atoms with Crippen molar-refractivity contribution in [3.8, 4) is 0 Å². The van der Waals surface area contributed by atoms with Crippen molar-refractivity contribution in [1.29, 1.82) is 0 Å². The van der Waals surface area contributed by atoms with Crippen LogP contribution < -0.4 is 10.5 Å². The molecule has 0 bridgehead atoms. The molecule has 7 heteroatoms. The number of aliphatic hydroxyl groups excluding tert-OH is 1. The van der Waals surface area contributed by atoms with Gasteiger partial charge < -0.3 is 10.8 Å². The summed E-state index contributed by atoms with van der Waals surface area (Å²) in [5.41, 5.74) is 6.36. The second-order valence-electron chi connectivity index (χ2n) is 5.35. The van der Waals surface area contributed by atoms with Crippen molar-refractivity contribution in [2.75, 3.05) is 23.8 Å². The Bertz CT molecular complexity index is 563. The van der Waals surface area contributed by atoms with Crippen LogP contribution in [0.4, 0.5) is 5.69 Å². The maximum atomic E-state index is 11.9. The maximum Gasteiger partial charge on any atom is 0.212 e. The predicted molar refractivity (Wildman–Crippen MR) is 86.7 cm³/mol. The Morgan fingerprint density at radius 1 is 1.38 bits per heavy atom. The lowest BCUT2D eigenvalue weighted by atomic mass is 10.1. The molecular weight excluding hydrogens is 308 g/mol. The lowest BCUT2D eigenvalue weighted by Gasteiger charge is -2.15. The summed E-state index contributed by atoms with van der Waals surface area (Å²) in [6.45, 7) is 0.340. The van der Waals surface area contributed by atoms with Crippen LogP contribution in [0.3, 0.4) is 0 Å². The Morgan fingerprint density at radius 2 is 2.19 bits per heavy atom. The minimum atomic E-state index is -3.29. The third kappa shape index (κ3) is 5.50. The first-order chi connectivity index (χ1) is 9.96. The molecule has 0 saturated heterocycles. The van der Waals surface area contributed by atoms with Crippen LogP contribution >= 0.6 is 11.8 Å². The van der Waals surface area contributed by atoms with Crippen LogP contribution in [-0.2, 0) is 10.0 Å². The minimum absolute atomic E-state index is 0.0568. The second kappa shape index (κ2) is 7.49. The second-order valence-corrected chi connectivity index (χ2v) is 8.44. The number of benzene rings is 1. The highest BCUT2D eigenvalue weighted by atomic mass is 32.2. The fourth-order valence-electron chi connectivity index (χ4n) is 2.44. The van der Waals surface area contributed by atoms with Crippen LogP contribution in [0.1, 0.15) is 19.3 Å². The van der Waals surface area contributed by atoms with Crippen LogP contribution in [0, 0.1) is 5.92 Å². The summed E-state index contributed by atoms with van der Waals surface area (Å²) < 4.78 is 26.4. The summed E-state index contributed by atoms with van der Waals surface area (Å²) in [5.74, 6) is 0.600. The van der Waals surface area contributed by atoms with Gasteiger partial charge in [0.1, 0.15) is 0 Å². The van der Waals surface area contributed by atoms with Gasteiger partial charge in [0.25, 0.3) is 0 Å². The number of nitrogens with two attached hydrogens (primary N) is 1. The largest absolute Gasteiger partial charge is 0.399 e. The van der Waals surface area contributed by atoms with Gasteiger partial charge in [0.2, 0.25) is 10.0 Å². The van der Waals surface area contributed by atoms with Gasteiger partial charge >= 0.3 is 0 Å². The van der Waals surface area contributed by atoms with E-state index in [0.29, 0.717) is 18.0 Å². The third-order valence-corrected chi connectivity index (χ3v) is 6.27. The van der Waals surface area contributed by atoms with Crippen molar-refractivity contribution in [2.24, 2.45) is 5.92 Å². The van der Waals surface area contributed by atoms with Gasteiger partial charge in [-0.05, 0) is 37.0 Å². The van der Waals surface area contributed by atoms with Crippen molar-refractivity contribution < 1.29 is 13.5 Å². The number of rotatable bonds is 7. The summed E-state index contributed by atoms with van der Waals surface area (Å²) in [6.07, 6.45) is 2.27. The summed E-state index contributed by atoms with van der Waals surface area (Å²) in [5, 5.41) is 9.69. The first-order valence-electron chi connectivity index (χ1n) is 7.10. The number of aliphatic hydroxyl groups is 1. The lowest BCUT2D eigenvalue weighted by molar-refractivity contribution is 0.134. The summed E-state index contributed by atoms with van der Waals surface area (Å²) in [6, 6.07) is 7.40. The molecule has 0 aromatic heterocycles. The summed E-state index contributed by atoms with van der Waals surface area (Å²) >= 11 is 1.47. The van der Waals surface area contributed by atoms with E-state index in [2.05, 4.69) is 4.72 Å². The minimum Gasteiger partial charge on any atom is -0.399 e. The molecule has 1 aromatic carbocycles. The zero-order valence-electron chi connectivity index (χ0n) is 11.9.